The summed E-state index contributed by atoms with van der Waals surface area (Å²) in [5, 5.41) is 4.17. The molecule has 0 fully saturated rings. The van der Waals surface area contributed by atoms with Crippen LogP contribution in [0.15, 0.2) is 46.7 Å². The number of ether oxygens (including phenoxy) is 1. The SMILES string of the molecule is CCNC(C)c1c(OC)cccc1Sc1ncccn1. The van der Waals surface area contributed by atoms with Crippen LogP contribution in [0.4, 0.5) is 0 Å². The van der Waals surface area contributed by atoms with Crippen molar-refractivity contribution in [2.24, 2.45) is 0 Å². The first kappa shape index (κ1) is 14.8. The van der Waals surface area contributed by atoms with Crippen LogP contribution in [0.1, 0.15) is 25.5 Å². The van der Waals surface area contributed by atoms with Gasteiger partial charge >= 0.3 is 0 Å². The highest BCUT2D eigenvalue weighted by molar-refractivity contribution is 7.99. The first-order chi connectivity index (χ1) is 9.76. The van der Waals surface area contributed by atoms with Gasteiger partial charge in [-0.2, -0.15) is 0 Å². The third-order valence-corrected chi connectivity index (χ3v) is 3.90. The maximum absolute atomic E-state index is 5.50. The van der Waals surface area contributed by atoms with Gasteiger partial charge < -0.3 is 10.1 Å². The zero-order valence-electron chi connectivity index (χ0n) is 12.0. The standard InChI is InChI=1S/C15H19N3OS/c1-4-16-11(2)14-12(19-3)7-5-8-13(14)20-15-17-9-6-10-18-15/h5-11,16H,4H2,1-3H3. The molecular weight excluding hydrogens is 270 g/mol. The van der Waals surface area contributed by atoms with Gasteiger partial charge in [0.2, 0.25) is 0 Å². The van der Waals surface area contributed by atoms with E-state index >= 15 is 0 Å². The molecule has 1 heterocycles. The number of rotatable bonds is 6. The Bertz CT molecular complexity index is 548. The molecule has 0 amide bonds. The van der Waals surface area contributed by atoms with Gasteiger partial charge in [0.25, 0.3) is 0 Å². The zero-order chi connectivity index (χ0) is 14.4. The Labute approximate surface area is 124 Å². The highest BCUT2D eigenvalue weighted by Crippen LogP contribution is 2.36. The van der Waals surface area contributed by atoms with Crippen LogP contribution in [-0.2, 0) is 0 Å². The Morgan fingerprint density at radius 2 is 2.00 bits per heavy atom. The molecule has 0 radical (unpaired) electrons. The van der Waals surface area contributed by atoms with Crippen LogP contribution in [0, 0.1) is 0 Å². The molecule has 0 bridgehead atoms. The van der Waals surface area contributed by atoms with Gasteiger partial charge in [-0.15, -0.1) is 0 Å². The molecule has 1 aromatic heterocycles. The van der Waals surface area contributed by atoms with Crippen LogP contribution in [-0.4, -0.2) is 23.6 Å². The molecule has 1 unspecified atom stereocenters. The summed E-state index contributed by atoms with van der Waals surface area (Å²) in [6.07, 6.45) is 3.51. The topological polar surface area (TPSA) is 47.0 Å². The molecule has 0 saturated heterocycles. The summed E-state index contributed by atoms with van der Waals surface area (Å²) >= 11 is 1.56. The van der Waals surface area contributed by atoms with Crippen molar-refractivity contribution in [2.45, 2.75) is 29.9 Å². The lowest BCUT2D eigenvalue weighted by molar-refractivity contribution is 0.400. The number of aromatic nitrogens is 2. The van der Waals surface area contributed by atoms with Gasteiger partial charge in [0, 0.05) is 28.9 Å². The van der Waals surface area contributed by atoms with E-state index in [1.165, 1.54) is 0 Å². The van der Waals surface area contributed by atoms with Crippen molar-refractivity contribution in [3.8, 4) is 5.75 Å². The van der Waals surface area contributed by atoms with Crippen LogP contribution in [0.3, 0.4) is 0 Å². The molecular formula is C15H19N3OS. The number of nitrogens with zero attached hydrogens (tertiary/aromatic N) is 2. The molecule has 1 atom stereocenters. The van der Waals surface area contributed by atoms with E-state index < -0.39 is 0 Å². The van der Waals surface area contributed by atoms with Gasteiger partial charge in [-0.05, 0) is 43.4 Å². The highest BCUT2D eigenvalue weighted by Gasteiger charge is 2.16. The average Bonchev–Trinajstić information content (AvgIpc) is 2.48. The van der Waals surface area contributed by atoms with Gasteiger partial charge in [-0.1, -0.05) is 13.0 Å². The second kappa shape index (κ2) is 7.26. The number of benzene rings is 1. The largest absolute Gasteiger partial charge is 0.496 e. The summed E-state index contributed by atoms with van der Waals surface area (Å²) in [5.41, 5.74) is 1.15. The Balaban J connectivity index is 2.36. The lowest BCUT2D eigenvalue weighted by Crippen LogP contribution is -2.19. The van der Waals surface area contributed by atoms with Crippen molar-refractivity contribution in [1.82, 2.24) is 15.3 Å². The van der Waals surface area contributed by atoms with Gasteiger partial charge in [0.15, 0.2) is 5.16 Å². The normalized spacial score (nSPS) is 12.2. The van der Waals surface area contributed by atoms with Crippen molar-refractivity contribution < 1.29 is 4.74 Å². The minimum Gasteiger partial charge on any atom is -0.496 e. The van der Waals surface area contributed by atoms with Crippen LogP contribution < -0.4 is 10.1 Å². The van der Waals surface area contributed by atoms with E-state index in [0.29, 0.717) is 0 Å². The number of nitrogens with one attached hydrogen (secondary N) is 1. The van der Waals surface area contributed by atoms with Crippen molar-refractivity contribution in [2.75, 3.05) is 13.7 Å². The van der Waals surface area contributed by atoms with Crippen LogP contribution in [0.2, 0.25) is 0 Å². The molecule has 0 aliphatic carbocycles. The monoisotopic (exact) mass is 289 g/mol. The lowest BCUT2D eigenvalue weighted by atomic mass is 10.1. The number of hydrogen-bond acceptors (Lipinski definition) is 5. The van der Waals surface area contributed by atoms with E-state index in [2.05, 4.69) is 35.2 Å². The molecule has 0 aliphatic rings. The summed E-state index contributed by atoms with van der Waals surface area (Å²) in [7, 11) is 1.70. The summed E-state index contributed by atoms with van der Waals surface area (Å²) in [4.78, 5) is 9.65. The van der Waals surface area contributed by atoms with Gasteiger partial charge in [0.1, 0.15) is 5.75 Å². The van der Waals surface area contributed by atoms with Crippen molar-refractivity contribution >= 4 is 11.8 Å². The molecule has 106 valence electrons. The minimum absolute atomic E-state index is 0.211. The summed E-state index contributed by atoms with van der Waals surface area (Å²) < 4.78 is 5.50. The predicted molar refractivity (Wildman–Crippen MR) is 81.2 cm³/mol. The highest BCUT2D eigenvalue weighted by atomic mass is 32.2. The zero-order valence-corrected chi connectivity index (χ0v) is 12.8. The smallest absolute Gasteiger partial charge is 0.192 e. The maximum atomic E-state index is 5.50. The Hall–Kier alpha value is -1.59. The third-order valence-electron chi connectivity index (χ3n) is 2.93. The molecule has 20 heavy (non-hydrogen) atoms. The Kier molecular flexibility index (Phi) is 5.38. The Morgan fingerprint density at radius 3 is 2.65 bits per heavy atom. The van der Waals surface area contributed by atoms with Gasteiger partial charge in [-0.3, -0.25) is 0 Å². The summed E-state index contributed by atoms with van der Waals surface area (Å²) in [6.45, 7) is 5.14. The summed E-state index contributed by atoms with van der Waals surface area (Å²) in [6, 6.07) is 8.08. The van der Waals surface area contributed by atoms with Crippen LogP contribution in [0.5, 0.6) is 5.75 Å². The van der Waals surface area contributed by atoms with Gasteiger partial charge in [0.05, 0.1) is 7.11 Å². The fourth-order valence-electron chi connectivity index (χ4n) is 2.06. The molecule has 1 N–H and O–H groups in total. The molecule has 0 aliphatic heterocycles. The molecule has 0 spiro atoms. The van der Waals surface area contributed by atoms with Crippen molar-refractivity contribution in [3.05, 3.63) is 42.2 Å². The first-order valence-electron chi connectivity index (χ1n) is 6.61. The second-order valence-corrected chi connectivity index (χ2v) is 5.29. The molecule has 0 saturated carbocycles. The van der Waals surface area contributed by atoms with E-state index in [1.54, 1.807) is 31.3 Å². The van der Waals surface area contributed by atoms with Crippen molar-refractivity contribution in [3.63, 3.8) is 0 Å². The quantitative estimate of drug-likeness (QED) is 0.827. The lowest BCUT2D eigenvalue weighted by Gasteiger charge is -2.19. The number of hydrogen-bond donors (Lipinski definition) is 1. The average molecular weight is 289 g/mol. The van der Waals surface area contributed by atoms with Crippen LogP contribution in [0.25, 0.3) is 0 Å². The minimum atomic E-state index is 0.211. The number of methoxy groups -OCH3 is 1. The van der Waals surface area contributed by atoms with E-state index in [-0.39, 0.29) is 6.04 Å². The Morgan fingerprint density at radius 1 is 1.25 bits per heavy atom. The predicted octanol–water partition coefficient (Wildman–Crippen LogP) is 3.31. The third kappa shape index (κ3) is 3.49. The van der Waals surface area contributed by atoms with Crippen molar-refractivity contribution in [1.29, 1.82) is 0 Å². The molecule has 5 heteroatoms. The second-order valence-electron chi connectivity index (χ2n) is 4.28. The maximum Gasteiger partial charge on any atom is 0.192 e. The van der Waals surface area contributed by atoms with E-state index in [9.17, 15) is 0 Å². The molecule has 2 rings (SSSR count). The molecule has 2 aromatic rings. The van der Waals surface area contributed by atoms with Gasteiger partial charge in [-0.25, -0.2) is 9.97 Å². The summed E-state index contributed by atoms with van der Waals surface area (Å²) in [5.74, 6) is 0.888. The first-order valence-corrected chi connectivity index (χ1v) is 7.43. The molecule has 4 nitrogen and oxygen atoms in total. The fraction of sp³-hybridized carbons (Fsp3) is 0.333. The van der Waals surface area contributed by atoms with E-state index in [1.807, 2.05) is 18.2 Å². The van der Waals surface area contributed by atoms with Crippen LogP contribution >= 0.6 is 11.8 Å². The van der Waals surface area contributed by atoms with E-state index in [0.717, 1.165) is 27.9 Å². The molecule has 1 aromatic carbocycles. The fourth-order valence-corrected chi connectivity index (χ4v) is 3.02. The van der Waals surface area contributed by atoms with E-state index in [4.69, 9.17) is 4.74 Å².